The number of primary amides is 1. The maximum atomic E-state index is 12.7. The van der Waals surface area contributed by atoms with Gasteiger partial charge in [-0.3, -0.25) is 19.1 Å². The number of likely N-dealkylation sites (N-methyl/N-ethyl adjacent to an activating group) is 1. The van der Waals surface area contributed by atoms with Gasteiger partial charge in [0.25, 0.3) is 5.56 Å². The standard InChI is InChI=1S/C20H22N4O3/c1-23(11-12-27-15-7-3-2-4-8-15)14-19-22-17-10-6-5-9-16(17)20(26)24(19)13-18(21)25/h2-10H,11-14H2,1H3,(H2,21,25). The van der Waals surface area contributed by atoms with E-state index in [0.717, 1.165) is 5.75 Å². The summed E-state index contributed by atoms with van der Waals surface area (Å²) in [5.74, 6) is 0.727. The molecule has 7 heteroatoms. The molecular formula is C20H22N4O3. The average Bonchev–Trinajstić information content (AvgIpc) is 2.65. The van der Waals surface area contributed by atoms with Crippen molar-refractivity contribution in [3.05, 3.63) is 70.8 Å². The van der Waals surface area contributed by atoms with Crippen LogP contribution < -0.4 is 16.0 Å². The van der Waals surface area contributed by atoms with Crippen LogP contribution in [0.4, 0.5) is 0 Å². The molecule has 0 aliphatic heterocycles. The fourth-order valence-electron chi connectivity index (χ4n) is 2.81. The summed E-state index contributed by atoms with van der Waals surface area (Å²) in [6.07, 6.45) is 0. The van der Waals surface area contributed by atoms with E-state index in [1.807, 2.05) is 48.3 Å². The Bertz CT molecular complexity index is 985. The first-order chi connectivity index (χ1) is 13.0. The lowest BCUT2D eigenvalue weighted by Crippen LogP contribution is -2.34. The molecule has 140 valence electrons. The second kappa shape index (κ2) is 8.46. The van der Waals surface area contributed by atoms with Gasteiger partial charge in [-0.15, -0.1) is 0 Å². The van der Waals surface area contributed by atoms with Crippen molar-refractivity contribution in [2.24, 2.45) is 5.73 Å². The van der Waals surface area contributed by atoms with Crippen LogP contribution in [0.3, 0.4) is 0 Å². The molecule has 0 saturated heterocycles. The number of para-hydroxylation sites is 2. The monoisotopic (exact) mass is 366 g/mol. The second-order valence-corrected chi connectivity index (χ2v) is 6.30. The molecule has 0 spiro atoms. The molecule has 0 radical (unpaired) electrons. The van der Waals surface area contributed by atoms with Gasteiger partial charge in [-0.1, -0.05) is 30.3 Å². The van der Waals surface area contributed by atoms with Crippen LogP contribution in [-0.4, -0.2) is 40.6 Å². The zero-order chi connectivity index (χ0) is 19.2. The highest BCUT2D eigenvalue weighted by Gasteiger charge is 2.14. The van der Waals surface area contributed by atoms with Crippen molar-refractivity contribution in [3.63, 3.8) is 0 Å². The number of ether oxygens (including phenoxy) is 1. The van der Waals surface area contributed by atoms with E-state index in [0.29, 0.717) is 36.4 Å². The fraction of sp³-hybridized carbons (Fsp3) is 0.250. The van der Waals surface area contributed by atoms with Gasteiger partial charge in [0.2, 0.25) is 5.91 Å². The molecule has 1 aromatic heterocycles. The lowest BCUT2D eigenvalue weighted by molar-refractivity contribution is -0.118. The van der Waals surface area contributed by atoms with Gasteiger partial charge in [-0.05, 0) is 31.3 Å². The molecule has 2 aromatic carbocycles. The maximum absolute atomic E-state index is 12.7. The van der Waals surface area contributed by atoms with Crippen LogP contribution in [0, 0.1) is 0 Å². The van der Waals surface area contributed by atoms with E-state index in [4.69, 9.17) is 10.5 Å². The van der Waals surface area contributed by atoms with Gasteiger partial charge in [0.15, 0.2) is 0 Å². The zero-order valence-corrected chi connectivity index (χ0v) is 15.2. The summed E-state index contributed by atoms with van der Waals surface area (Å²) in [5, 5.41) is 0.470. The SMILES string of the molecule is CN(CCOc1ccccc1)Cc1nc2ccccc2c(=O)n1CC(N)=O. The molecule has 0 aliphatic rings. The smallest absolute Gasteiger partial charge is 0.261 e. The lowest BCUT2D eigenvalue weighted by atomic mass is 10.2. The average molecular weight is 366 g/mol. The van der Waals surface area contributed by atoms with Crippen LogP contribution in [0.25, 0.3) is 10.9 Å². The predicted octanol–water partition coefficient (Wildman–Crippen LogP) is 1.39. The molecule has 7 nitrogen and oxygen atoms in total. The molecule has 1 heterocycles. The number of hydrogen-bond acceptors (Lipinski definition) is 5. The van der Waals surface area contributed by atoms with Crippen LogP contribution in [0.15, 0.2) is 59.4 Å². The van der Waals surface area contributed by atoms with Crippen LogP contribution in [0.1, 0.15) is 5.82 Å². The van der Waals surface area contributed by atoms with Gasteiger partial charge in [0.1, 0.15) is 24.7 Å². The number of carbonyl (C=O) groups is 1. The van der Waals surface area contributed by atoms with E-state index in [-0.39, 0.29) is 12.1 Å². The van der Waals surface area contributed by atoms with E-state index in [1.54, 1.807) is 18.2 Å². The molecule has 0 atom stereocenters. The summed E-state index contributed by atoms with van der Waals surface area (Å²) in [5.41, 5.74) is 5.66. The number of aromatic nitrogens is 2. The quantitative estimate of drug-likeness (QED) is 0.651. The van der Waals surface area contributed by atoms with Crippen molar-refractivity contribution in [2.45, 2.75) is 13.1 Å². The first-order valence-corrected chi connectivity index (χ1v) is 8.68. The van der Waals surface area contributed by atoms with Gasteiger partial charge in [0, 0.05) is 6.54 Å². The Morgan fingerprint density at radius 2 is 1.85 bits per heavy atom. The Labute approximate surface area is 157 Å². The van der Waals surface area contributed by atoms with E-state index in [2.05, 4.69) is 4.98 Å². The van der Waals surface area contributed by atoms with Gasteiger partial charge in [-0.25, -0.2) is 4.98 Å². The summed E-state index contributed by atoms with van der Waals surface area (Å²) >= 11 is 0. The minimum absolute atomic E-state index is 0.194. The molecule has 0 saturated carbocycles. The third kappa shape index (κ3) is 4.71. The third-order valence-corrected chi connectivity index (χ3v) is 4.15. The molecule has 3 rings (SSSR count). The highest BCUT2D eigenvalue weighted by molar-refractivity contribution is 5.78. The number of fused-ring (bicyclic) bond motifs is 1. The third-order valence-electron chi connectivity index (χ3n) is 4.15. The summed E-state index contributed by atoms with van der Waals surface area (Å²) in [6.45, 7) is 1.33. The Kier molecular flexibility index (Phi) is 5.83. The molecule has 0 aliphatic carbocycles. The van der Waals surface area contributed by atoms with Crippen LogP contribution in [0.2, 0.25) is 0 Å². The van der Waals surface area contributed by atoms with Crippen molar-refractivity contribution < 1.29 is 9.53 Å². The van der Waals surface area contributed by atoms with Crippen molar-refractivity contribution in [3.8, 4) is 5.75 Å². The minimum Gasteiger partial charge on any atom is -0.492 e. The van der Waals surface area contributed by atoms with Crippen LogP contribution in [0.5, 0.6) is 5.75 Å². The number of carbonyl (C=O) groups excluding carboxylic acids is 1. The number of rotatable bonds is 8. The molecule has 2 N–H and O–H groups in total. The topological polar surface area (TPSA) is 90.4 Å². The summed E-state index contributed by atoms with van der Waals surface area (Å²) < 4.78 is 7.04. The molecule has 27 heavy (non-hydrogen) atoms. The Morgan fingerprint density at radius 3 is 2.59 bits per heavy atom. The van der Waals surface area contributed by atoms with Crippen molar-refractivity contribution in [2.75, 3.05) is 20.2 Å². The molecule has 0 unspecified atom stereocenters. The van der Waals surface area contributed by atoms with Gasteiger partial charge in [0.05, 0.1) is 17.4 Å². The number of nitrogens with zero attached hydrogens (tertiary/aromatic N) is 3. The molecule has 1 amide bonds. The largest absolute Gasteiger partial charge is 0.492 e. The predicted molar refractivity (Wildman–Crippen MR) is 103 cm³/mol. The summed E-state index contributed by atoms with van der Waals surface area (Å²) in [6, 6.07) is 16.6. The van der Waals surface area contributed by atoms with Gasteiger partial charge in [-0.2, -0.15) is 0 Å². The Morgan fingerprint density at radius 1 is 1.15 bits per heavy atom. The van der Waals surface area contributed by atoms with Crippen LogP contribution >= 0.6 is 0 Å². The molecular weight excluding hydrogens is 344 g/mol. The Balaban J connectivity index is 1.76. The number of amides is 1. The van der Waals surface area contributed by atoms with Crippen molar-refractivity contribution in [1.29, 1.82) is 0 Å². The van der Waals surface area contributed by atoms with E-state index in [9.17, 15) is 9.59 Å². The fourth-order valence-corrected chi connectivity index (χ4v) is 2.81. The normalized spacial score (nSPS) is 11.0. The van der Waals surface area contributed by atoms with E-state index in [1.165, 1.54) is 4.57 Å². The highest BCUT2D eigenvalue weighted by Crippen LogP contribution is 2.10. The number of benzene rings is 2. The lowest BCUT2D eigenvalue weighted by Gasteiger charge is -2.19. The zero-order valence-electron chi connectivity index (χ0n) is 15.2. The first-order valence-electron chi connectivity index (χ1n) is 8.68. The van der Waals surface area contributed by atoms with Gasteiger partial charge >= 0.3 is 0 Å². The number of nitrogens with two attached hydrogens (primary N) is 1. The first kappa shape index (κ1) is 18.6. The second-order valence-electron chi connectivity index (χ2n) is 6.30. The van der Waals surface area contributed by atoms with Gasteiger partial charge < -0.3 is 10.5 Å². The van der Waals surface area contributed by atoms with E-state index >= 15 is 0 Å². The Hall–Kier alpha value is -3.19. The summed E-state index contributed by atoms with van der Waals surface area (Å²) in [7, 11) is 1.91. The van der Waals surface area contributed by atoms with Crippen molar-refractivity contribution in [1.82, 2.24) is 14.5 Å². The van der Waals surface area contributed by atoms with Crippen LogP contribution in [-0.2, 0) is 17.9 Å². The maximum Gasteiger partial charge on any atom is 0.261 e. The number of hydrogen-bond donors (Lipinski definition) is 1. The van der Waals surface area contributed by atoms with Crippen molar-refractivity contribution >= 4 is 16.8 Å². The summed E-state index contributed by atoms with van der Waals surface area (Å²) in [4.78, 5) is 30.7. The molecule has 3 aromatic rings. The minimum atomic E-state index is -0.578. The highest BCUT2D eigenvalue weighted by atomic mass is 16.5. The molecule has 0 bridgehead atoms. The molecule has 0 fully saturated rings. The van der Waals surface area contributed by atoms with E-state index < -0.39 is 5.91 Å².